The molecule has 0 spiro atoms. The summed E-state index contributed by atoms with van der Waals surface area (Å²) in [6.07, 6.45) is 1.35. The standard InChI is InChI=1S/C14H15N3O4/c1-14(21,13(19)20)8-15-12(18)10-7-16-17-11(10)9-5-3-2-4-6-9/h2-7,21H,8H2,1H3,(H,15,18)(H,16,17)(H,19,20). The van der Waals surface area contributed by atoms with Crippen molar-refractivity contribution in [2.24, 2.45) is 0 Å². The third kappa shape index (κ3) is 3.26. The maximum absolute atomic E-state index is 12.1. The number of aromatic nitrogens is 2. The van der Waals surface area contributed by atoms with Crippen LogP contribution in [0.4, 0.5) is 0 Å². The van der Waals surface area contributed by atoms with Crippen molar-refractivity contribution >= 4 is 11.9 Å². The highest BCUT2D eigenvalue weighted by Crippen LogP contribution is 2.20. The number of H-pyrrole nitrogens is 1. The van der Waals surface area contributed by atoms with Gasteiger partial charge in [0.2, 0.25) is 0 Å². The molecule has 0 aliphatic heterocycles. The Labute approximate surface area is 120 Å². The number of carboxylic acids is 1. The normalized spacial score (nSPS) is 13.4. The lowest BCUT2D eigenvalue weighted by molar-refractivity contribution is -0.155. The van der Waals surface area contributed by atoms with Crippen LogP contribution in [0.3, 0.4) is 0 Å². The fourth-order valence-electron chi connectivity index (χ4n) is 1.71. The van der Waals surface area contributed by atoms with E-state index in [4.69, 9.17) is 5.11 Å². The van der Waals surface area contributed by atoms with Crippen LogP contribution in [-0.2, 0) is 4.79 Å². The first kappa shape index (κ1) is 14.7. The van der Waals surface area contributed by atoms with E-state index in [1.165, 1.54) is 6.20 Å². The molecule has 1 aromatic carbocycles. The van der Waals surface area contributed by atoms with Gasteiger partial charge in [-0.25, -0.2) is 4.79 Å². The summed E-state index contributed by atoms with van der Waals surface area (Å²) in [5.41, 5.74) is -0.428. The number of aliphatic hydroxyl groups is 1. The van der Waals surface area contributed by atoms with Crippen LogP contribution < -0.4 is 5.32 Å². The Balaban J connectivity index is 2.15. The van der Waals surface area contributed by atoms with Crippen LogP contribution in [0.15, 0.2) is 36.5 Å². The summed E-state index contributed by atoms with van der Waals surface area (Å²) in [6.45, 7) is 0.712. The van der Waals surface area contributed by atoms with Gasteiger partial charge in [0.15, 0.2) is 5.60 Å². The molecule has 7 nitrogen and oxygen atoms in total. The number of nitrogens with one attached hydrogen (secondary N) is 2. The number of rotatable bonds is 5. The van der Waals surface area contributed by atoms with Crippen molar-refractivity contribution in [3.63, 3.8) is 0 Å². The summed E-state index contributed by atoms with van der Waals surface area (Å²) in [5, 5.41) is 27.3. The minimum Gasteiger partial charge on any atom is -0.479 e. The summed E-state index contributed by atoms with van der Waals surface area (Å²) in [4.78, 5) is 22.9. The summed E-state index contributed by atoms with van der Waals surface area (Å²) in [6, 6.07) is 9.14. The van der Waals surface area contributed by atoms with Crippen molar-refractivity contribution in [3.8, 4) is 11.3 Å². The second kappa shape index (κ2) is 5.76. The number of hydrogen-bond acceptors (Lipinski definition) is 4. The van der Waals surface area contributed by atoms with Crippen LogP contribution >= 0.6 is 0 Å². The molecule has 1 aromatic heterocycles. The molecule has 1 heterocycles. The monoisotopic (exact) mass is 289 g/mol. The van der Waals surface area contributed by atoms with Gasteiger partial charge in [-0.2, -0.15) is 5.10 Å². The molecule has 0 bridgehead atoms. The van der Waals surface area contributed by atoms with Gasteiger partial charge in [-0.3, -0.25) is 9.89 Å². The van der Waals surface area contributed by atoms with Crippen LogP contribution in [-0.4, -0.2) is 44.4 Å². The van der Waals surface area contributed by atoms with Crippen LogP contribution in [0.1, 0.15) is 17.3 Å². The van der Waals surface area contributed by atoms with Crippen LogP contribution in [0, 0.1) is 0 Å². The van der Waals surface area contributed by atoms with Gasteiger partial charge < -0.3 is 15.5 Å². The van der Waals surface area contributed by atoms with Gasteiger partial charge in [-0.15, -0.1) is 0 Å². The number of aromatic amines is 1. The third-order valence-electron chi connectivity index (χ3n) is 3.00. The second-order valence-electron chi connectivity index (χ2n) is 4.79. The zero-order valence-electron chi connectivity index (χ0n) is 11.3. The van der Waals surface area contributed by atoms with Crippen molar-refractivity contribution in [1.29, 1.82) is 0 Å². The van der Waals surface area contributed by atoms with E-state index in [0.29, 0.717) is 5.69 Å². The van der Waals surface area contributed by atoms with E-state index in [9.17, 15) is 14.7 Å². The van der Waals surface area contributed by atoms with E-state index in [2.05, 4.69) is 15.5 Å². The number of carbonyl (C=O) groups is 2. The van der Waals surface area contributed by atoms with Gasteiger partial charge in [0.25, 0.3) is 5.91 Å². The highest BCUT2D eigenvalue weighted by atomic mass is 16.4. The van der Waals surface area contributed by atoms with Gasteiger partial charge >= 0.3 is 5.97 Å². The molecule has 1 unspecified atom stereocenters. The molecule has 0 aliphatic rings. The summed E-state index contributed by atoms with van der Waals surface area (Å²) in [7, 11) is 0. The predicted molar refractivity (Wildman–Crippen MR) is 74.6 cm³/mol. The lowest BCUT2D eigenvalue weighted by Gasteiger charge is -2.18. The molecule has 0 saturated carbocycles. The highest BCUT2D eigenvalue weighted by molar-refractivity contribution is 6.00. The molecule has 0 radical (unpaired) electrons. The lowest BCUT2D eigenvalue weighted by atomic mass is 10.1. The molecule has 0 fully saturated rings. The summed E-state index contributed by atoms with van der Waals surface area (Å²) < 4.78 is 0. The van der Waals surface area contributed by atoms with E-state index >= 15 is 0 Å². The molecule has 110 valence electrons. The van der Waals surface area contributed by atoms with Gasteiger partial charge in [0.05, 0.1) is 24.0 Å². The fraction of sp³-hybridized carbons (Fsp3) is 0.214. The number of amides is 1. The number of nitrogens with zero attached hydrogens (tertiary/aromatic N) is 1. The Morgan fingerprint density at radius 2 is 2.00 bits per heavy atom. The van der Waals surface area contributed by atoms with Crippen molar-refractivity contribution in [2.45, 2.75) is 12.5 Å². The molecule has 2 rings (SSSR count). The van der Waals surface area contributed by atoms with E-state index in [0.717, 1.165) is 12.5 Å². The van der Waals surface area contributed by atoms with Gasteiger partial charge in [-0.05, 0) is 6.92 Å². The maximum atomic E-state index is 12.1. The van der Waals surface area contributed by atoms with E-state index < -0.39 is 24.0 Å². The molecule has 7 heteroatoms. The average Bonchev–Trinajstić information content (AvgIpc) is 2.95. The van der Waals surface area contributed by atoms with Crippen LogP contribution in [0.2, 0.25) is 0 Å². The first-order valence-electron chi connectivity index (χ1n) is 6.24. The molecule has 2 aromatic rings. The minimum atomic E-state index is -2.02. The molecule has 4 N–H and O–H groups in total. The molecule has 0 saturated heterocycles. The Morgan fingerprint density at radius 1 is 1.33 bits per heavy atom. The Morgan fingerprint density at radius 3 is 2.62 bits per heavy atom. The largest absolute Gasteiger partial charge is 0.479 e. The van der Waals surface area contributed by atoms with Crippen LogP contribution in [0.5, 0.6) is 0 Å². The average molecular weight is 289 g/mol. The molecule has 1 atom stereocenters. The molecule has 21 heavy (non-hydrogen) atoms. The zero-order valence-corrected chi connectivity index (χ0v) is 11.3. The van der Waals surface area contributed by atoms with E-state index in [1.807, 2.05) is 30.3 Å². The maximum Gasteiger partial charge on any atom is 0.337 e. The topological polar surface area (TPSA) is 115 Å². The molecular weight excluding hydrogens is 274 g/mol. The Hall–Kier alpha value is -2.67. The zero-order chi connectivity index (χ0) is 15.5. The van der Waals surface area contributed by atoms with Crippen LogP contribution in [0.25, 0.3) is 11.3 Å². The second-order valence-corrected chi connectivity index (χ2v) is 4.79. The minimum absolute atomic E-state index is 0.280. The quantitative estimate of drug-likeness (QED) is 0.645. The molecule has 1 amide bonds. The van der Waals surface area contributed by atoms with E-state index in [-0.39, 0.29) is 5.56 Å². The van der Waals surface area contributed by atoms with Gasteiger partial charge in [0, 0.05) is 5.56 Å². The van der Waals surface area contributed by atoms with Crippen molar-refractivity contribution in [3.05, 3.63) is 42.1 Å². The number of carboxylic acid groups (broad SMARTS) is 1. The Bertz CT molecular complexity index is 649. The van der Waals surface area contributed by atoms with E-state index in [1.54, 1.807) is 0 Å². The summed E-state index contributed by atoms with van der Waals surface area (Å²) >= 11 is 0. The SMILES string of the molecule is CC(O)(CNC(=O)c1cn[nH]c1-c1ccccc1)C(=O)O. The third-order valence-corrected chi connectivity index (χ3v) is 3.00. The predicted octanol–water partition coefficient (Wildman–Crippen LogP) is 0.642. The van der Waals surface area contributed by atoms with Crippen molar-refractivity contribution < 1.29 is 19.8 Å². The molecule has 0 aliphatic carbocycles. The first-order valence-corrected chi connectivity index (χ1v) is 6.24. The van der Waals surface area contributed by atoms with Gasteiger partial charge in [-0.1, -0.05) is 30.3 Å². The number of carbonyl (C=O) groups excluding carboxylic acids is 1. The molecular formula is C14H15N3O4. The lowest BCUT2D eigenvalue weighted by Crippen LogP contribution is -2.46. The first-order chi connectivity index (χ1) is 9.92. The fourth-order valence-corrected chi connectivity index (χ4v) is 1.71. The highest BCUT2D eigenvalue weighted by Gasteiger charge is 2.30. The number of aliphatic carboxylic acids is 1. The Kier molecular flexibility index (Phi) is 4.04. The number of benzene rings is 1. The summed E-state index contributed by atoms with van der Waals surface area (Å²) in [5.74, 6) is -1.91. The smallest absolute Gasteiger partial charge is 0.337 e. The van der Waals surface area contributed by atoms with Crippen molar-refractivity contribution in [1.82, 2.24) is 15.5 Å². The number of hydrogen-bond donors (Lipinski definition) is 4. The van der Waals surface area contributed by atoms with Crippen molar-refractivity contribution in [2.75, 3.05) is 6.54 Å². The van der Waals surface area contributed by atoms with Gasteiger partial charge in [0.1, 0.15) is 0 Å².